The van der Waals surface area contributed by atoms with E-state index in [2.05, 4.69) is 10.3 Å². The summed E-state index contributed by atoms with van der Waals surface area (Å²) in [5, 5.41) is 2.22. The Bertz CT molecular complexity index is 119. The third kappa shape index (κ3) is 0.747. The van der Waals surface area contributed by atoms with Crippen molar-refractivity contribution in [2.24, 2.45) is 4.99 Å². The quantitative estimate of drug-likeness (QED) is 0.404. The minimum absolute atomic E-state index is 0.278. The summed E-state index contributed by atoms with van der Waals surface area (Å²) >= 11 is 0. The molecule has 0 spiro atoms. The van der Waals surface area contributed by atoms with Gasteiger partial charge >= 0.3 is 0 Å². The van der Waals surface area contributed by atoms with E-state index in [1.807, 2.05) is 0 Å². The zero-order chi connectivity index (χ0) is 5.28. The lowest BCUT2D eigenvalue weighted by atomic mass is 10.7. The molecule has 0 fully saturated rings. The van der Waals surface area contributed by atoms with Gasteiger partial charge in [0.15, 0.2) is 6.29 Å². The first-order valence-electron chi connectivity index (χ1n) is 1.84. The molecule has 1 aliphatic rings. The van der Waals surface area contributed by atoms with Crippen LogP contribution in [0.25, 0.3) is 0 Å². The maximum Gasteiger partial charge on any atom is 0.264 e. The number of carbonyl (C=O) groups is 1. The highest BCUT2D eigenvalue weighted by Crippen LogP contribution is 1.82. The molecule has 0 aromatic rings. The van der Waals surface area contributed by atoms with Gasteiger partial charge in [-0.2, -0.15) is 0 Å². The number of nitrogens with zero attached hydrogens (tertiary/aromatic N) is 1. The van der Waals surface area contributed by atoms with Gasteiger partial charge in [0.05, 0.1) is 6.21 Å². The van der Waals surface area contributed by atoms with E-state index in [-0.39, 0.29) is 5.91 Å². The summed E-state index contributed by atoms with van der Waals surface area (Å²) in [5.41, 5.74) is 6.73. The minimum Gasteiger partial charge on any atom is -0.316 e. The molecule has 0 bridgehead atoms. The summed E-state index contributed by atoms with van der Waals surface area (Å²) < 4.78 is 0. The Morgan fingerprint density at radius 2 is 2.71 bits per heavy atom. The first-order chi connectivity index (χ1) is 3.29. The highest BCUT2D eigenvalue weighted by Gasteiger charge is 2.08. The van der Waals surface area contributed by atoms with Crippen molar-refractivity contribution in [2.75, 3.05) is 0 Å². The first-order valence-corrected chi connectivity index (χ1v) is 1.84. The molecule has 1 aliphatic heterocycles. The predicted octanol–water partition coefficient (Wildman–Crippen LogP) is -1.25. The van der Waals surface area contributed by atoms with E-state index >= 15 is 0 Å². The SMILES string of the molecule is [NH]C1N=CC(=O)N1. The lowest BCUT2D eigenvalue weighted by Gasteiger charge is -1.92. The highest BCUT2D eigenvalue weighted by molar-refractivity contribution is 6.27. The van der Waals surface area contributed by atoms with Gasteiger partial charge in [0.1, 0.15) is 0 Å². The zero-order valence-corrected chi connectivity index (χ0v) is 3.51. The molecule has 0 aromatic carbocycles. The largest absolute Gasteiger partial charge is 0.316 e. The van der Waals surface area contributed by atoms with Crippen LogP contribution in [0.4, 0.5) is 0 Å². The summed E-state index contributed by atoms with van der Waals surface area (Å²) in [4.78, 5) is 13.5. The van der Waals surface area contributed by atoms with Crippen LogP contribution in [0, 0.1) is 0 Å². The third-order valence-corrected chi connectivity index (χ3v) is 0.620. The van der Waals surface area contributed by atoms with Gasteiger partial charge in [-0.05, 0) is 0 Å². The van der Waals surface area contributed by atoms with Crippen LogP contribution in [0.15, 0.2) is 4.99 Å². The number of hydrogen-bond donors (Lipinski definition) is 1. The smallest absolute Gasteiger partial charge is 0.264 e. The molecule has 0 saturated heterocycles. The van der Waals surface area contributed by atoms with Gasteiger partial charge in [0, 0.05) is 0 Å². The maximum absolute atomic E-state index is 10.1. The van der Waals surface area contributed by atoms with Gasteiger partial charge in [-0.25, -0.2) is 10.7 Å². The number of aliphatic imine (C=N–C) groups is 1. The molecule has 4 nitrogen and oxygen atoms in total. The molecule has 0 saturated carbocycles. The van der Waals surface area contributed by atoms with Crippen LogP contribution in [0.3, 0.4) is 0 Å². The molecular formula is C3H4N3O. The number of nitrogens with one attached hydrogen (secondary N) is 2. The van der Waals surface area contributed by atoms with Gasteiger partial charge in [-0.3, -0.25) is 4.79 Å². The Balaban J connectivity index is 2.58. The van der Waals surface area contributed by atoms with E-state index < -0.39 is 6.29 Å². The molecule has 1 amide bonds. The van der Waals surface area contributed by atoms with E-state index in [1.54, 1.807) is 0 Å². The van der Waals surface area contributed by atoms with Crippen molar-refractivity contribution < 1.29 is 4.79 Å². The Morgan fingerprint density at radius 1 is 2.00 bits per heavy atom. The van der Waals surface area contributed by atoms with Gasteiger partial charge in [-0.1, -0.05) is 0 Å². The Labute approximate surface area is 40.4 Å². The summed E-state index contributed by atoms with van der Waals surface area (Å²) in [7, 11) is 0. The van der Waals surface area contributed by atoms with E-state index in [4.69, 9.17) is 5.73 Å². The van der Waals surface area contributed by atoms with E-state index in [9.17, 15) is 4.79 Å². The summed E-state index contributed by atoms with van der Waals surface area (Å²) in [6.07, 6.45) is 0.352. The molecule has 1 unspecified atom stereocenters. The van der Waals surface area contributed by atoms with E-state index in [1.165, 1.54) is 0 Å². The van der Waals surface area contributed by atoms with Crippen molar-refractivity contribution in [2.45, 2.75) is 6.29 Å². The fraction of sp³-hybridized carbons (Fsp3) is 0.333. The lowest BCUT2D eigenvalue weighted by molar-refractivity contribution is -0.114. The van der Waals surface area contributed by atoms with Crippen molar-refractivity contribution in [3.8, 4) is 0 Å². The molecule has 37 valence electrons. The number of amides is 1. The molecular weight excluding hydrogens is 94.1 g/mol. The second kappa shape index (κ2) is 1.31. The van der Waals surface area contributed by atoms with E-state index in [0.717, 1.165) is 6.21 Å². The third-order valence-electron chi connectivity index (χ3n) is 0.620. The molecule has 0 aromatic heterocycles. The maximum atomic E-state index is 10.1. The molecule has 7 heavy (non-hydrogen) atoms. The van der Waals surface area contributed by atoms with Crippen LogP contribution in [-0.4, -0.2) is 18.4 Å². The van der Waals surface area contributed by atoms with Crippen LogP contribution in [0.5, 0.6) is 0 Å². The van der Waals surface area contributed by atoms with Crippen LogP contribution >= 0.6 is 0 Å². The van der Waals surface area contributed by atoms with Crippen molar-refractivity contribution in [1.82, 2.24) is 11.1 Å². The number of rotatable bonds is 0. The van der Waals surface area contributed by atoms with Crippen molar-refractivity contribution >= 4 is 12.1 Å². The average Bonchev–Trinajstić information content (AvgIpc) is 1.87. The van der Waals surface area contributed by atoms with Crippen molar-refractivity contribution in [3.63, 3.8) is 0 Å². The Morgan fingerprint density at radius 3 is 2.86 bits per heavy atom. The molecule has 1 heterocycles. The number of carbonyl (C=O) groups excluding carboxylic acids is 1. The van der Waals surface area contributed by atoms with Gasteiger partial charge in [0.25, 0.3) is 5.91 Å². The minimum atomic E-state index is -0.757. The van der Waals surface area contributed by atoms with Gasteiger partial charge in [-0.15, -0.1) is 0 Å². The second-order valence-corrected chi connectivity index (χ2v) is 1.19. The summed E-state index contributed by atoms with van der Waals surface area (Å²) in [5.74, 6) is -0.278. The average molecular weight is 98.1 g/mol. The second-order valence-electron chi connectivity index (χ2n) is 1.19. The Kier molecular flexibility index (Phi) is 0.796. The monoisotopic (exact) mass is 98.0 g/mol. The fourth-order valence-electron chi connectivity index (χ4n) is 0.352. The van der Waals surface area contributed by atoms with E-state index in [0.29, 0.717) is 0 Å². The summed E-state index contributed by atoms with van der Waals surface area (Å²) in [6, 6.07) is 0. The summed E-state index contributed by atoms with van der Waals surface area (Å²) in [6.45, 7) is 0. The molecule has 1 radical (unpaired) electrons. The van der Waals surface area contributed by atoms with Crippen LogP contribution in [0.2, 0.25) is 0 Å². The normalized spacial score (nSPS) is 28.1. The lowest BCUT2D eigenvalue weighted by Crippen LogP contribution is -2.27. The van der Waals surface area contributed by atoms with Crippen LogP contribution in [0.1, 0.15) is 0 Å². The van der Waals surface area contributed by atoms with Gasteiger partial charge in [0.2, 0.25) is 0 Å². The number of hydrogen-bond acceptors (Lipinski definition) is 2. The van der Waals surface area contributed by atoms with Crippen molar-refractivity contribution in [1.29, 1.82) is 0 Å². The highest BCUT2D eigenvalue weighted by atomic mass is 16.2. The van der Waals surface area contributed by atoms with Crippen LogP contribution < -0.4 is 11.1 Å². The fourth-order valence-corrected chi connectivity index (χ4v) is 0.352. The topological polar surface area (TPSA) is 65.3 Å². The molecule has 0 aliphatic carbocycles. The molecule has 1 rings (SSSR count). The Hall–Kier alpha value is -0.900. The van der Waals surface area contributed by atoms with Gasteiger partial charge < -0.3 is 5.32 Å². The molecule has 4 heteroatoms. The van der Waals surface area contributed by atoms with Crippen LogP contribution in [-0.2, 0) is 4.79 Å². The molecule has 1 atom stereocenters. The predicted molar refractivity (Wildman–Crippen MR) is 23.5 cm³/mol. The van der Waals surface area contributed by atoms with Crippen molar-refractivity contribution in [3.05, 3.63) is 0 Å². The zero-order valence-electron chi connectivity index (χ0n) is 3.51. The standard InChI is InChI=1S/C3H4N3O/c4-3-5-1-2(7)6-3/h1,3-4H,(H,6,7). The molecule has 2 N–H and O–H groups in total. The first kappa shape index (κ1) is 4.26.